The van der Waals surface area contributed by atoms with Crippen molar-refractivity contribution in [3.63, 3.8) is 0 Å². The molecule has 0 N–H and O–H groups in total. The van der Waals surface area contributed by atoms with Crippen molar-refractivity contribution in [1.29, 1.82) is 0 Å². The van der Waals surface area contributed by atoms with Crippen LogP contribution in [0.15, 0.2) is 156 Å². The minimum atomic E-state index is -0.0873. The van der Waals surface area contributed by atoms with Crippen LogP contribution in [0.1, 0.15) is 25.0 Å². The summed E-state index contributed by atoms with van der Waals surface area (Å²) in [5.41, 5.74) is 12.9. The molecule has 0 saturated heterocycles. The highest BCUT2D eigenvalue weighted by molar-refractivity contribution is 6.19. The van der Waals surface area contributed by atoms with E-state index in [1.54, 1.807) is 0 Å². The van der Waals surface area contributed by atoms with Gasteiger partial charge in [-0.05, 0) is 81.1 Å². The Labute approximate surface area is 262 Å². The zero-order valence-electron chi connectivity index (χ0n) is 25.3. The molecule has 0 saturated carbocycles. The Kier molecular flexibility index (Phi) is 5.58. The zero-order chi connectivity index (χ0) is 30.1. The van der Waals surface area contributed by atoms with Gasteiger partial charge in [-0.25, -0.2) is 0 Å². The predicted octanol–water partition coefficient (Wildman–Crippen LogP) is 12.2. The van der Waals surface area contributed by atoms with Gasteiger partial charge >= 0.3 is 0 Å². The van der Waals surface area contributed by atoms with Gasteiger partial charge in [-0.3, -0.25) is 0 Å². The lowest BCUT2D eigenvalue weighted by molar-refractivity contribution is 0.660. The van der Waals surface area contributed by atoms with Gasteiger partial charge in [0, 0.05) is 33.1 Å². The van der Waals surface area contributed by atoms with Gasteiger partial charge in [-0.2, -0.15) is 0 Å². The van der Waals surface area contributed by atoms with Gasteiger partial charge in [0.1, 0.15) is 11.2 Å². The molecule has 0 atom stereocenters. The van der Waals surface area contributed by atoms with Gasteiger partial charge < -0.3 is 9.32 Å². The first-order valence-electron chi connectivity index (χ1n) is 15.6. The molecule has 9 rings (SSSR count). The zero-order valence-corrected chi connectivity index (χ0v) is 25.3. The van der Waals surface area contributed by atoms with E-state index in [9.17, 15) is 0 Å². The molecule has 0 amide bonds. The summed E-state index contributed by atoms with van der Waals surface area (Å²) in [5.74, 6) is 0. The van der Waals surface area contributed by atoms with Gasteiger partial charge in [-0.1, -0.05) is 123 Å². The van der Waals surface area contributed by atoms with Crippen molar-refractivity contribution in [3.05, 3.63) is 163 Å². The molecule has 1 aliphatic carbocycles. The Morgan fingerprint density at radius 3 is 2.07 bits per heavy atom. The largest absolute Gasteiger partial charge is 0.456 e. The minimum absolute atomic E-state index is 0.0873. The van der Waals surface area contributed by atoms with Crippen LogP contribution in [0, 0.1) is 0 Å². The van der Waals surface area contributed by atoms with Crippen LogP contribution in [-0.4, -0.2) is 0 Å². The van der Waals surface area contributed by atoms with E-state index >= 15 is 0 Å². The maximum atomic E-state index is 6.29. The summed E-state index contributed by atoms with van der Waals surface area (Å²) in [4.78, 5) is 2.44. The predicted molar refractivity (Wildman–Crippen MR) is 189 cm³/mol. The summed E-state index contributed by atoms with van der Waals surface area (Å²) in [7, 11) is 0. The quantitative estimate of drug-likeness (QED) is 0.207. The first-order chi connectivity index (χ1) is 22.1. The Hall–Kier alpha value is -5.60. The number of hydrogen-bond donors (Lipinski definition) is 0. The van der Waals surface area contributed by atoms with E-state index in [2.05, 4.69) is 164 Å². The van der Waals surface area contributed by atoms with E-state index in [0.717, 1.165) is 33.3 Å². The highest BCUT2D eigenvalue weighted by Gasteiger charge is 2.37. The van der Waals surface area contributed by atoms with Gasteiger partial charge in [0.25, 0.3) is 0 Å². The summed E-state index contributed by atoms with van der Waals surface area (Å²) >= 11 is 0. The fourth-order valence-electron chi connectivity index (χ4n) is 7.45. The van der Waals surface area contributed by atoms with E-state index in [-0.39, 0.29) is 5.41 Å². The molecular formula is C43H31NO. The third kappa shape index (κ3) is 3.89. The van der Waals surface area contributed by atoms with E-state index in [4.69, 9.17) is 4.42 Å². The molecule has 2 heteroatoms. The van der Waals surface area contributed by atoms with Crippen LogP contribution in [0.3, 0.4) is 0 Å². The lowest BCUT2D eigenvalue weighted by atomic mass is 9.82. The lowest BCUT2D eigenvalue weighted by Crippen LogP contribution is -2.16. The fraction of sp³-hybridized carbons (Fsp3) is 0.0698. The molecule has 0 spiro atoms. The molecule has 7 aromatic carbocycles. The number of para-hydroxylation sites is 1. The molecule has 0 fully saturated rings. The summed E-state index contributed by atoms with van der Waals surface area (Å²) < 4.78 is 6.29. The Balaban J connectivity index is 1.31. The molecule has 1 aliphatic rings. The molecule has 0 bridgehead atoms. The second-order valence-electron chi connectivity index (χ2n) is 12.6. The molecular weight excluding hydrogens is 546 g/mol. The first kappa shape index (κ1) is 25.9. The fourth-order valence-corrected chi connectivity index (χ4v) is 7.45. The minimum Gasteiger partial charge on any atom is -0.456 e. The number of nitrogens with zero attached hydrogens (tertiary/aromatic N) is 1. The maximum absolute atomic E-state index is 6.29. The van der Waals surface area contributed by atoms with E-state index in [1.807, 2.05) is 6.07 Å². The molecule has 0 radical (unpaired) electrons. The Bertz CT molecular complexity index is 2400. The van der Waals surface area contributed by atoms with Crippen LogP contribution in [0.25, 0.3) is 55.0 Å². The smallest absolute Gasteiger partial charge is 0.136 e. The Morgan fingerprint density at radius 1 is 0.511 bits per heavy atom. The second-order valence-corrected chi connectivity index (χ2v) is 12.6. The van der Waals surface area contributed by atoms with Crippen molar-refractivity contribution in [3.8, 4) is 22.3 Å². The van der Waals surface area contributed by atoms with Gasteiger partial charge in [0.2, 0.25) is 0 Å². The van der Waals surface area contributed by atoms with Crippen LogP contribution in [-0.2, 0) is 5.41 Å². The van der Waals surface area contributed by atoms with Crippen LogP contribution < -0.4 is 4.90 Å². The van der Waals surface area contributed by atoms with Crippen molar-refractivity contribution >= 4 is 49.8 Å². The van der Waals surface area contributed by atoms with Crippen molar-refractivity contribution < 1.29 is 4.42 Å². The number of anilines is 3. The molecule has 0 unspecified atom stereocenters. The van der Waals surface area contributed by atoms with Gasteiger partial charge in [0.05, 0.1) is 5.69 Å². The average molecular weight is 578 g/mol. The summed E-state index contributed by atoms with van der Waals surface area (Å²) in [5, 5.41) is 4.69. The summed E-state index contributed by atoms with van der Waals surface area (Å²) in [6.07, 6.45) is 0. The normalized spacial score (nSPS) is 13.3. The SMILES string of the molecule is CC1(C)c2ccccc2-c2c(N(c3ccc(-c4ccccc4)cc3)c3ccc4ccc5oc6ccccc6c5c4c3)cccc21. The maximum Gasteiger partial charge on any atom is 0.136 e. The van der Waals surface area contributed by atoms with Crippen LogP contribution in [0.2, 0.25) is 0 Å². The van der Waals surface area contributed by atoms with Crippen molar-refractivity contribution in [2.24, 2.45) is 0 Å². The van der Waals surface area contributed by atoms with Gasteiger partial charge in [0.15, 0.2) is 0 Å². The number of benzene rings is 7. The monoisotopic (exact) mass is 577 g/mol. The summed E-state index contributed by atoms with van der Waals surface area (Å²) in [6, 6.07) is 54.7. The highest BCUT2D eigenvalue weighted by Crippen LogP contribution is 2.54. The van der Waals surface area contributed by atoms with E-state index in [1.165, 1.54) is 49.8 Å². The highest BCUT2D eigenvalue weighted by atomic mass is 16.3. The third-order valence-electron chi connectivity index (χ3n) is 9.66. The molecule has 2 nitrogen and oxygen atoms in total. The lowest BCUT2D eigenvalue weighted by Gasteiger charge is -2.29. The van der Waals surface area contributed by atoms with Crippen LogP contribution in [0.4, 0.5) is 17.1 Å². The standard InChI is InChI=1S/C43H31NO/c1-43(2)36-15-8-6-13-33(36)42-37(43)16-10-17-38(42)44(31-23-19-29(20-24-31)28-11-4-3-5-12-28)32-25-21-30-22-26-40-41(35(30)27-32)34-14-7-9-18-39(34)45-40/h3-27H,1-2H3. The van der Waals surface area contributed by atoms with Gasteiger partial charge in [-0.15, -0.1) is 0 Å². The van der Waals surface area contributed by atoms with Crippen LogP contribution in [0.5, 0.6) is 0 Å². The molecule has 214 valence electrons. The average Bonchev–Trinajstić information content (AvgIpc) is 3.59. The van der Waals surface area contributed by atoms with E-state index in [0.29, 0.717) is 0 Å². The number of rotatable bonds is 4. The molecule has 0 aliphatic heterocycles. The third-order valence-corrected chi connectivity index (χ3v) is 9.66. The molecule has 8 aromatic rings. The molecule has 45 heavy (non-hydrogen) atoms. The van der Waals surface area contributed by atoms with E-state index < -0.39 is 0 Å². The Morgan fingerprint density at radius 2 is 1.20 bits per heavy atom. The van der Waals surface area contributed by atoms with Crippen LogP contribution >= 0.6 is 0 Å². The van der Waals surface area contributed by atoms with Crippen molar-refractivity contribution in [2.45, 2.75) is 19.3 Å². The molecule has 1 heterocycles. The number of fused-ring (bicyclic) bond motifs is 8. The number of furan rings is 1. The molecule has 1 aromatic heterocycles. The first-order valence-corrected chi connectivity index (χ1v) is 15.6. The van der Waals surface area contributed by atoms with Crippen molar-refractivity contribution in [1.82, 2.24) is 0 Å². The summed E-state index contributed by atoms with van der Waals surface area (Å²) in [6.45, 7) is 4.69. The number of hydrogen-bond acceptors (Lipinski definition) is 2. The van der Waals surface area contributed by atoms with Crippen molar-refractivity contribution in [2.75, 3.05) is 4.90 Å². The second kappa shape index (κ2) is 9.70. The topological polar surface area (TPSA) is 16.4 Å².